The van der Waals surface area contributed by atoms with E-state index >= 15 is 0 Å². The molecule has 140 heavy (non-hydrogen) atoms. The van der Waals surface area contributed by atoms with Crippen molar-refractivity contribution in [1.82, 2.24) is 55.5 Å². The fraction of sp³-hybridized carbons (Fsp3) is 0.423. The summed E-state index contributed by atoms with van der Waals surface area (Å²) < 4.78 is 157. The number of alkyl halides is 8. The number of carbonyl (C=O) groups is 16. The molecule has 8 aliphatic rings. The Balaban J connectivity index is 0.000000157. The summed E-state index contributed by atoms with van der Waals surface area (Å²) in [5, 5.41) is 26.8. The molecular weight excluding hydrogens is 1880 g/mol. The number of likely N-dealkylation sites (N-methyl/N-ethyl adjacent to an activating group) is 3. The first-order valence-electron chi connectivity index (χ1n) is 44.9. The van der Waals surface area contributed by atoms with Crippen molar-refractivity contribution in [3.8, 4) is 0 Å². The Kier molecular flexibility index (Phi) is 28.8. The van der Waals surface area contributed by atoms with Crippen LogP contribution in [0.15, 0.2) is 72.8 Å². The lowest BCUT2D eigenvalue weighted by atomic mass is 9.69. The number of anilines is 4. The molecule has 0 atom stereocenters. The quantitative estimate of drug-likeness (QED) is 0.0144. The van der Waals surface area contributed by atoms with Crippen LogP contribution in [0.1, 0.15) is 241 Å². The zero-order valence-corrected chi connectivity index (χ0v) is 78.9. The van der Waals surface area contributed by atoms with Crippen molar-refractivity contribution in [2.75, 3.05) is 42.4 Å². The first-order valence-corrected chi connectivity index (χ1v) is 45.3. The smallest absolute Gasteiger partial charge is 0.293 e. The van der Waals surface area contributed by atoms with E-state index in [-0.39, 0.29) is 73.8 Å². The Bertz CT molecular complexity index is 6360. The third-order valence-corrected chi connectivity index (χ3v) is 27.1. The molecule has 43 heteroatoms. The number of hydrogen-bond acceptors (Lipinski definition) is 16. The minimum Gasteiger partial charge on any atom is -0.357 e. The minimum atomic E-state index is -3.16. The third-order valence-electron chi connectivity index (χ3n) is 26.7. The van der Waals surface area contributed by atoms with Crippen LogP contribution in [0.2, 0.25) is 5.02 Å². The van der Waals surface area contributed by atoms with Crippen molar-refractivity contribution < 1.29 is 125 Å². The van der Waals surface area contributed by atoms with Gasteiger partial charge in [0.15, 0.2) is 5.78 Å². The monoisotopic (exact) mass is 1980 g/mol. The van der Waals surface area contributed by atoms with Crippen LogP contribution in [-0.2, 0) is 90.2 Å². The number of aryl methyl sites for hydroxylation is 3. The molecule has 11 amide bonds. The predicted molar refractivity (Wildman–Crippen MR) is 486 cm³/mol. The molecule has 0 radical (unpaired) electrons. The van der Waals surface area contributed by atoms with E-state index in [2.05, 4.69) is 58.5 Å². The van der Waals surface area contributed by atoms with E-state index in [1.807, 2.05) is 26.0 Å². The topological polar surface area (TPSA) is 425 Å². The number of halogens is 12. The highest BCUT2D eigenvalue weighted by molar-refractivity contribution is 6.46. The van der Waals surface area contributed by atoms with Gasteiger partial charge in [0.05, 0.1) is 22.3 Å². The normalized spacial score (nSPS) is 17.2. The Labute approximate surface area is 798 Å². The van der Waals surface area contributed by atoms with Crippen molar-refractivity contribution in [3.05, 3.63) is 208 Å². The molecular formula is C97H101ClF11N15O16. The number of nitrogens with zero attached hydrogens (tertiary/aromatic N) is 4. The average molecular weight is 1980 g/mol. The molecule has 0 unspecified atom stereocenters. The van der Waals surface area contributed by atoms with Crippen LogP contribution in [-0.4, -0.2) is 179 Å². The number of rotatable bonds is 25. The van der Waals surface area contributed by atoms with Gasteiger partial charge >= 0.3 is 0 Å². The second-order valence-corrected chi connectivity index (χ2v) is 37.1. The molecule has 4 aliphatic heterocycles. The van der Waals surface area contributed by atoms with Crippen molar-refractivity contribution in [3.63, 3.8) is 0 Å². The maximum atomic E-state index is 13.9. The molecule has 4 aromatic heterocycles. The van der Waals surface area contributed by atoms with E-state index in [1.165, 1.54) is 61.0 Å². The summed E-state index contributed by atoms with van der Waals surface area (Å²) in [4.78, 5) is 205. The van der Waals surface area contributed by atoms with E-state index in [1.54, 1.807) is 75.4 Å². The fourth-order valence-electron chi connectivity index (χ4n) is 19.9. The van der Waals surface area contributed by atoms with Gasteiger partial charge in [0, 0.05) is 161 Å². The zero-order chi connectivity index (χ0) is 103. The van der Waals surface area contributed by atoms with Crippen molar-refractivity contribution in [1.29, 1.82) is 0 Å². The lowest BCUT2D eigenvalue weighted by molar-refractivity contribution is -0.164. The lowest BCUT2D eigenvalue weighted by Crippen LogP contribution is -2.69. The highest BCUT2D eigenvalue weighted by Crippen LogP contribution is 2.51. The van der Waals surface area contributed by atoms with E-state index < -0.39 is 209 Å². The Morgan fingerprint density at radius 2 is 0.586 bits per heavy atom. The lowest BCUT2D eigenvalue weighted by Gasteiger charge is -2.46. The molecule has 0 bridgehead atoms. The van der Waals surface area contributed by atoms with Gasteiger partial charge < -0.3 is 76.8 Å². The number of Topliss-reactive ketones (excluding diaryl/α,β-unsaturated/α-hetero) is 5. The summed E-state index contributed by atoms with van der Waals surface area (Å²) in [6.45, 7) is 16.1. The highest BCUT2D eigenvalue weighted by atomic mass is 35.5. The highest BCUT2D eigenvalue weighted by Gasteiger charge is 2.66. The zero-order valence-electron chi connectivity index (χ0n) is 78.1. The first kappa shape index (κ1) is 103. The molecule has 4 saturated carbocycles. The number of nitrogens with one attached hydrogen (secondary N) is 11. The van der Waals surface area contributed by atoms with Gasteiger partial charge in [0.2, 0.25) is 17.7 Å². The number of benzene rings is 4. The first-order chi connectivity index (χ1) is 65.5. The largest absolute Gasteiger partial charge is 0.357 e. The molecule has 0 saturated heterocycles. The van der Waals surface area contributed by atoms with Gasteiger partial charge in [-0.1, -0.05) is 48.4 Å². The number of hydrogen-bond donors (Lipinski definition) is 11. The van der Waals surface area contributed by atoms with Gasteiger partial charge in [0.25, 0.3) is 94.1 Å². The fourth-order valence-corrected chi connectivity index (χ4v) is 20.1. The molecule has 11 N–H and O–H groups in total. The molecule has 8 heterocycles. The summed E-state index contributed by atoms with van der Waals surface area (Å²) in [5.41, 5.74) is -0.191. The molecule has 4 aliphatic carbocycles. The Morgan fingerprint density at radius 3 is 0.864 bits per heavy atom. The summed E-state index contributed by atoms with van der Waals surface area (Å²) >= 11 is 6.15. The SMILES string of the molecule is CCC(=O)C1(NC(=O)C(=O)c2c(C)c(C(=O)Nc3ccc(C)cc3)n3c2CCC3)CC(F)(F)C1.CNC(=O)C1(NC(=O)C(=O)c2c(C)c(C(=O)Nc3cc(F)c(C)c(F)c3)n3c2CCC3)CC(F)(F)C1.CNC(=O)C1(NC(=O)C(=O)c2c(C)c(C(=O)Nc3ccc(C)c(Cl)c3)n3c2CCC3)CC(F)(F)C1.CNC(=O)C1(NC(=O)C(=O)c2c(C)c(C(=O)Nc3ccc(C)c(F)c3)n3c2CCC3)CC(F)(F)C1. The van der Waals surface area contributed by atoms with Gasteiger partial charge in [-0.05, 0) is 189 Å². The summed E-state index contributed by atoms with van der Waals surface area (Å²) in [7, 11) is 3.76. The van der Waals surface area contributed by atoms with Crippen molar-refractivity contribution >= 4 is 128 Å². The number of carbonyl (C=O) groups excluding carboxylic acids is 16. The van der Waals surface area contributed by atoms with Crippen LogP contribution in [0.3, 0.4) is 0 Å². The maximum Gasteiger partial charge on any atom is 0.293 e. The van der Waals surface area contributed by atoms with E-state index in [0.717, 1.165) is 23.3 Å². The van der Waals surface area contributed by atoms with Gasteiger partial charge in [-0.3, -0.25) is 76.7 Å². The maximum absolute atomic E-state index is 13.9. The number of amides is 11. The minimum absolute atomic E-state index is 0.0124. The van der Waals surface area contributed by atoms with E-state index in [9.17, 15) is 125 Å². The molecule has 16 rings (SSSR count). The van der Waals surface area contributed by atoms with Gasteiger partial charge in [-0.15, -0.1) is 0 Å². The molecule has 31 nitrogen and oxygen atoms in total. The Morgan fingerprint density at radius 1 is 0.329 bits per heavy atom. The molecule has 4 fully saturated rings. The van der Waals surface area contributed by atoms with Crippen molar-refractivity contribution in [2.45, 2.75) is 243 Å². The van der Waals surface area contributed by atoms with Crippen LogP contribution in [0.25, 0.3) is 0 Å². The third kappa shape index (κ3) is 20.0. The van der Waals surface area contributed by atoms with Gasteiger partial charge in [0.1, 0.15) is 62.4 Å². The van der Waals surface area contributed by atoms with Crippen LogP contribution >= 0.6 is 11.6 Å². The second kappa shape index (κ2) is 39.0. The molecule has 4 aromatic carbocycles. The van der Waals surface area contributed by atoms with Crippen LogP contribution < -0.4 is 58.5 Å². The molecule has 8 aromatic rings. The summed E-state index contributed by atoms with van der Waals surface area (Å²) in [5.74, 6) is -28.5. The molecule has 744 valence electrons. The second-order valence-electron chi connectivity index (χ2n) is 36.7. The number of fused-ring (bicyclic) bond motifs is 4. The predicted octanol–water partition coefficient (Wildman–Crippen LogP) is 12.4. The average Bonchev–Trinajstić information content (AvgIpc) is 1.13. The standard InChI is InChI=1S/C25H27F2N3O4.C24H25ClF2N4O4.C24H24F4N4O4.C24H25F3N4O4/c1-4-18(31)24(12-25(26,27)13-24)29-23(34)21(32)19-15(3)20(30-11-5-6-17(19)30)22(33)28-16-9-7-14(2)8-10-16;1-12-6-7-14(9-15(12)25)29-20(33)18-13(2)17(16-5-4-8-31(16)18)19(32)21(34)30-23(22(35)28-3)10-24(26,27)11-23;1-11-14(25)7-13(8-15(11)26)30-20(34)18-12(2)17(16-5-4-6-32(16)18)19(33)21(35)31-23(22(36)29-3)9-24(27,28)10-23;1-12-6-7-14(9-15(12)25)29-20(33)18-13(2)17(16-5-4-8-31(16)18)19(32)21(34)30-23(22(35)28-3)10-24(26,27)11-23/h7-10H,4-6,11-13H2,1-3H3,(H,28,33)(H,29,34);6-7,9H,4-5,8,10-11H2,1-3H3,(H,28,35)(H,29,33)(H,30,34);7-8H,4-6,9-10H2,1-3H3,(H,29,36)(H,30,34)(H,31,35);6-7,9H,4-5,8,10-11H2,1-3H3,(H,28,35)(H,29,33)(H,30,34). The van der Waals surface area contributed by atoms with Crippen LogP contribution in [0.5, 0.6) is 0 Å². The number of aromatic nitrogens is 4. The van der Waals surface area contributed by atoms with Gasteiger partial charge in [-0.25, -0.2) is 48.3 Å². The number of ketones is 5. The summed E-state index contributed by atoms with van der Waals surface area (Å²) in [6.07, 6.45) is -2.81. The summed E-state index contributed by atoms with van der Waals surface area (Å²) in [6, 6.07) is 18.5. The van der Waals surface area contributed by atoms with E-state index in [0.29, 0.717) is 139 Å². The Hall–Kier alpha value is -14.0. The van der Waals surface area contributed by atoms with Crippen molar-refractivity contribution in [2.24, 2.45) is 0 Å². The van der Waals surface area contributed by atoms with Crippen LogP contribution in [0.4, 0.5) is 71.0 Å². The van der Waals surface area contributed by atoms with Gasteiger partial charge in [-0.2, -0.15) is 0 Å². The van der Waals surface area contributed by atoms with E-state index in [4.69, 9.17) is 11.6 Å². The molecule has 0 spiro atoms. The van der Waals surface area contributed by atoms with Crippen LogP contribution in [0, 0.1) is 72.8 Å².